The second kappa shape index (κ2) is 7.44. The first kappa shape index (κ1) is 18.6. The molecule has 0 atom stereocenters. The summed E-state index contributed by atoms with van der Waals surface area (Å²) in [6.45, 7) is 1.91. The summed E-state index contributed by atoms with van der Waals surface area (Å²) in [5.74, 6) is 1.27. The van der Waals surface area contributed by atoms with Crippen molar-refractivity contribution in [3.8, 4) is 28.3 Å². The SMILES string of the molecule is COc1cc(-c2cn[nH]c2)ccc1-c1nc2c(C)nn(C3CCCCC3)c(=O)c2[nH]1. The van der Waals surface area contributed by atoms with Crippen LogP contribution in [0.2, 0.25) is 0 Å². The number of imidazole rings is 1. The number of hydrogen-bond donors (Lipinski definition) is 2. The molecule has 0 unspecified atom stereocenters. The smallest absolute Gasteiger partial charge is 0.293 e. The topological polar surface area (TPSA) is 101 Å². The van der Waals surface area contributed by atoms with Gasteiger partial charge in [-0.15, -0.1) is 0 Å². The molecule has 3 aromatic heterocycles. The Balaban J connectivity index is 1.61. The second-order valence-electron chi connectivity index (χ2n) is 7.84. The number of rotatable bonds is 4. The fourth-order valence-electron chi connectivity index (χ4n) is 4.33. The summed E-state index contributed by atoms with van der Waals surface area (Å²) in [5, 5.41) is 11.4. The van der Waals surface area contributed by atoms with Crippen LogP contribution in [0.15, 0.2) is 35.4 Å². The van der Waals surface area contributed by atoms with Crippen molar-refractivity contribution in [1.82, 2.24) is 29.9 Å². The van der Waals surface area contributed by atoms with Crippen LogP contribution in [0, 0.1) is 6.92 Å². The van der Waals surface area contributed by atoms with Crippen LogP contribution >= 0.6 is 0 Å². The maximum absolute atomic E-state index is 13.2. The maximum Gasteiger partial charge on any atom is 0.293 e. The van der Waals surface area contributed by atoms with Crippen LogP contribution in [0.3, 0.4) is 0 Å². The van der Waals surface area contributed by atoms with Crippen LogP contribution in [-0.4, -0.2) is 37.1 Å². The number of aryl methyl sites for hydroxylation is 1. The predicted molar refractivity (Wildman–Crippen MR) is 115 cm³/mol. The molecule has 8 nitrogen and oxygen atoms in total. The zero-order valence-electron chi connectivity index (χ0n) is 17.1. The van der Waals surface area contributed by atoms with Crippen molar-refractivity contribution >= 4 is 11.0 Å². The molecule has 2 N–H and O–H groups in total. The summed E-state index contributed by atoms with van der Waals surface area (Å²) in [4.78, 5) is 21.1. The number of aromatic amines is 2. The Kier molecular flexibility index (Phi) is 4.61. The fourth-order valence-corrected chi connectivity index (χ4v) is 4.33. The molecule has 4 aromatic rings. The molecule has 1 aliphatic carbocycles. The molecule has 5 rings (SSSR count). The molecular formula is C22H24N6O2. The second-order valence-corrected chi connectivity index (χ2v) is 7.84. The average Bonchev–Trinajstić information content (AvgIpc) is 3.47. The number of hydrogen-bond acceptors (Lipinski definition) is 5. The third-order valence-electron chi connectivity index (χ3n) is 5.93. The number of benzene rings is 1. The minimum Gasteiger partial charge on any atom is -0.496 e. The lowest BCUT2D eigenvalue weighted by Crippen LogP contribution is -2.29. The van der Waals surface area contributed by atoms with E-state index in [2.05, 4.69) is 20.3 Å². The highest BCUT2D eigenvalue weighted by Gasteiger charge is 2.22. The number of nitrogens with zero attached hydrogens (tertiary/aromatic N) is 4. The van der Waals surface area contributed by atoms with Crippen LogP contribution in [0.25, 0.3) is 33.5 Å². The summed E-state index contributed by atoms with van der Waals surface area (Å²) >= 11 is 0. The molecule has 30 heavy (non-hydrogen) atoms. The van der Waals surface area contributed by atoms with E-state index in [1.807, 2.05) is 31.3 Å². The number of methoxy groups -OCH3 is 1. The van der Waals surface area contributed by atoms with E-state index < -0.39 is 0 Å². The van der Waals surface area contributed by atoms with Crippen LogP contribution in [0.5, 0.6) is 5.75 Å². The minimum atomic E-state index is -0.102. The van der Waals surface area contributed by atoms with Crippen molar-refractivity contribution in [3.63, 3.8) is 0 Å². The van der Waals surface area contributed by atoms with Gasteiger partial charge in [-0.3, -0.25) is 9.89 Å². The standard InChI is InChI=1S/C22H24N6O2/c1-13-19-20(22(29)28(27-13)16-6-4-3-5-7-16)26-21(25-19)17-9-8-14(10-18(17)30-2)15-11-23-24-12-15/h8-12,16H,3-7H2,1-2H3,(H,23,24)(H,25,26). The molecule has 1 fully saturated rings. The lowest BCUT2D eigenvalue weighted by Gasteiger charge is -2.22. The normalized spacial score (nSPS) is 15.0. The summed E-state index contributed by atoms with van der Waals surface area (Å²) in [6.07, 6.45) is 9.12. The molecule has 3 heterocycles. The van der Waals surface area contributed by atoms with E-state index in [4.69, 9.17) is 9.72 Å². The number of H-pyrrole nitrogens is 2. The third-order valence-corrected chi connectivity index (χ3v) is 5.93. The Morgan fingerprint density at radius 1 is 1.17 bits per heavy atom. The van der Waals surface area contributed by atoms with Gasteiger partial charge in [-0.2, -0.15) is 10.2 Å². The van der Waals surface area contributed by atoms with Crippen molar-refractivity contribution in [2.45, 2.75) is 45.1 Å². The molecule has 0 aliphatic heterocycles. The van der Waals surface area contributed by atoms with Crippen LogP contribution in [0.4, 0.5) is 0 Å². The molecule has 0 spiro atoms. The quantitative estimate of drug-likeness (QED) is 0.535. The zero-order valence-corrected chi connectivity index (χ0v) is 17.1. The Hall–Kier alpha value is -3.42. The molecule has 0 saturated heterocycles. The first-order valence-corrected chi connectivity index (χ1v) is 10.3. The van der Waals surface area contributed by atoms with Gasteiger partial charge in [-0.1, -0.05) is 25.3 Å². The summed E-state index contributed by atoms with van der Waals surface area (Å²) in [6, 6.07) is 6.05. The van der Waals surface area contributed by atoms with Crippen molar-refractivity contribution in [2.75, 3.05) is 7.11 Å². The molecule has 8 heteroatoms. The fraction of sp³-hybridized carbons (Fsp3) is 0.364. The largest absolute Gasteiger partial charge is 0.496 e. The molecule has 154 valence electrons. The summed E-state index contributed by atoms with van der Waals surface area (Å²) < 4.78 is 7.29. The maximum atomic E-state index is 13.2. The van der Waals surface area contributed by atoms with Crippen LogP contribution in [-0.2, 0) is 0 Å². The van der Waals surface area contributed by atoms with Crippen molar-refractivity contribution in [3.05, 3.63) is 46.6 Å². The molecule has 0 bridgehead atoms. The molecule has 1 aliphatic rings. The van der Waals surface area contributed by atoms with Gasteiger partial charge in [0.25, 0.3) is 5.56 Å². The Labute approximate surface area is 173 Å². The van der Waals surface area contributed by atoms with E-state index in [9.17, 15) is 4.79 Å². The van der Waals surface area contributed by atoms with E-state index in [0.29, 0.717) is 22.6 Å². The van der Waals surface area contributed by atoms with Gasteiger partial charge in [0, 0.05) is 11.8 Å². The van der Waals surface area contributed by atoms with Gasteiger partial charge in [0.15, 0.2) is 0 Å². The van der Waals surface area contributed by atoms with Gasteiger partial charge >= 0.3 is 0 Å². The van der Waals surface area contributed by atoms with E-state index >= 15 is 0 Å². The van der Waals surface area contributed by atoms with E-state index in [1.165, 1.54) is 6.42 Å². The Bertz CT molecular complexity index is 1250. The van der Waals surface area contributed by atoms with Gasteiger partial charge in [0.1, 0.15) is 22.6 Å². The van der Waals surface area contributed by atoms with Gasteiger partial charge < -0.3 is 9.72 Å². The molecule has 1 aromatic carbocycles. The number of ether oxygens (including phenoxy) is 1. The van der Waals surface area contributed by atoms with Crippen LogP contribution in [0.1, 0.15) is 43.8 Å². The van der Waals surface area contributed by atoms with E-state index in [1.54, 1.807) is 18.0 Å². The molecule has 1 saturated carbocycles. The Morgan fingerprint density at radius 2 is 2.00 bits per heavy atom. The van der Waals surface area contributed by atoms with Gasteiger partial charge in [0.05, 0.1) is 30.6 Å². The monoisotopic (exact) mass is 404 g/mol. The minimum absolute atomic E-state index is 0.102. The van der Waals surface area contributed by atoms with Gasteiger partial charge in [-0.25, -0.2) is 9.67 Å². The van der Waals surface area contributed by atoms with E-state index in [0.717, 1.165) is 48.1 Å². The first-order valence-electron chi connectivity index (χ1n) is 10.3. The summed E-state index contributed by atoms with van der Waals surface area (Å²) in [7, 11) is 1.63. The number of fused-ring (bicyclic) bond motifs is 1. The Morgan fingerprint density at radius 3 is 2.73 bits per heavy atom. The summed E-state index contributed by atoms with van der Waals surface area (Å²) in [5.41, 5.74) is 4.52. The highest BCUT2D eigenvalue weighted by atomic mass is 16.5. The predicted octanol–water partition coefficient (Wildman–Crippen LogP) is 4.00. The van der Waals surface area contributed by atoms with Crippen molar-refractivity contribution in [2.24, 2.45) is 0 Å². The van der Waals surface area contributed by atoms with Crippen molar-refractivity contribution < 1.29 is 4.74 Å². The molecular weight excluding hydrogens is 380 g/mol. The third kappa shape index (κ3) is 3.08. The van der Waals surface area contributed by atoms with Gasteiger partial charge in [0.2, 0.25) is 0 Å². The van der Waals surface area contributed by atoms with Crippen molar-refractivity contribution in [1.29, 1.82) is 0 Å². The zero-order chi connectivity index (χ0) is 20.7. The lowest BCUT2D eigenvalue weighted by atomic mass is 9.95. The number of nitrogens with one attached hydrogen (secondary N) is 2. The van der Waals surface area contributed by atoms with Crippen LogP contribution < -0.4 is 10.3 Å². The number of aromatic nitrogens is 6. The highest BCUT2D eigenvalue weighted by molar-refractivity contribution is 5.82. The van der Waals surface area contributed by atoms with E-state index in [-0.39, 0.29) is 11.6 Å². The van der Waals surface area contributed by atoms with Gasteiger partial charge in [-0.05, 0) is 37.5 Å². The average molecular weight is 404 g/mol. The highest BCUT2D eigenvalue weighted by Crippen LogP contribution is 2.34. The first-order chi connectivity index (χ1) is 14.7. The lowest BCUT2D eigenvalue weighted by molar-refractivity contribution is 0.318. The molecule has 0 amide bonds. The molecule has 0 radical (unpaired) electrons.